The van der Waals surface area contributed by atoms with Gasteiger partial charge in [-0.1, -0.05) is 48.2 Å². The molecule has 0 radical (unpaired) electrons. The maximum absolute atomic E-state index is 12.6. The van der Waals surface area contributed by atoms with E-state index in [2.05, 4.69) is 5.43 Å². The molecule has 2 aromatic rings. The average Bonchev–Trinajstić information content (AvgIpc) is 3.22. The van der Waals surface area contributed by atoms with E-state index >= 15 is 0 Å². The monoisotopic (exact) mass is 398 g/mol. The van der Waals surface area contributed by atoms with Crippen LogP contribution in [0.5, 0.6) is 11.5 Å². The summed E-state index contributed by atoms with van der Waals surface area (Å²) in [6, 6.07) is 14.7. The molecule has 0 atom stereocenters. The van der Waals surface area contributed by atoms with E-state index in [4.69, 9.17) is 21.7 Å². The van der Waals surface area contributed by atoms with Crippen LogP contribution in [0.4, 0.5) is 0 Å². The molecule has 0 spiro atoms. The van der Waals surface area contributed by atoms with E-state index in [1.807, 2.05) is 36.4 Å². The van der Waals surface area contributed by atoms with Gasteiger partial charge >= 0.3 is 0 Å². The maximum atomic E-state index is 12.6. The number of ether oxygens (including phenoxy) is 2. The summed E-state index contributed by atoms with van der Waals surface area (Å²) < 4.78 is 10.9. The van der Waals surface area contributed by atoms with Crippen LogP contribution in [-0.4, -0.2) is 27.9 Å². The maximum Gasteiger partial charge on any atom is 0.285 e. The molecule has 1 fully saturated rings. The highest BCUT2D eigenvalue weighted by Crippen LogP contribution is 2.35. The Morgan fingerprint density at radius 1 is 1.19 bits per heavy atom. The zero-order valence-corrected chi connectivity index (χ0v) is 15.6. The van der Waals surface area contributed by atoms with E-state index < -0.39 is 0 Å². The van der Waals surface area contributed by atoms with E-state index in [9.17, 15) is 9.59 Å². The summed E-state index contributed by atoms with van der Waals surface area (Å²) in [5.74, 6) is 0.647. The third-order valence-electron chi connectivity index (χ3n) is 3.93. The Hall–Kier alpha value is -2.84. The first-order chi connectivity index (χ1) is 13.1. The Bertz CT molecular complexity index is 959. The van der Waals surface area contributed by atoms with E-state index in [0.717, 1.165) is 27.9 Å². The number of nitrogens with zero attached hydrogens (tertiary/aromatic N) is 1. The highest BCUT2D eigenvalue weighted by molar-refractivity contribution is 8.26. The second-order valence-corrected chi connectivity index (χ2v) is 7.50. The molecule has 2 aliphatic heterocycles. The largest absolute Gasteiger partial charge is 0.454 e. The molecule has 0 aliphatic carbocycles. The van der Waals surface area contributed by atoms with Gasteiger partial charge < -0.3 is 9.47 Å². The normalized spacial score (nSPS) is 16.9. The molecule has 8 heteroatoms. The van der Waals surface area contributed by atoms with Gasteiger partial charge in [0.15, 0.2) is 15.8 Å². The summed E-state index contributed by atoms with van der Waals surface area (Å²) in [6.45, 7) is 0.189. The van der Waals surface area contributed by atoms with Crippen molar-refractivity contribution in [1.29, 1.82) is 0 Å². The predicted molar refractivity (Wildman–Crippen MR) is 106 cm³/mol. The van der Waals surface area contributed by atoms with Gasteiger partial charge in [-0.05, 0) is 41.6 Å². The molecule has 2 aliphatic rings. The number of rotatable bonds is 4. The van der Waals surface area contributed by atoms with Crippen molar-refractivity contribution in [3.05, 3.63) is 64.6 Å². The Labute approximate surface area is 165 Å². The van der Waals surface area contributed by atoms with Crippen molar-refractivity contribution in [1.82, 2.24) is 10.4 Å². The van der Waals surface area contributed by atoms with Gasteiger partial charge in [0.2, 0.25) is 12.7 Å². The lowest BCUT2D eigenvalue weighted by Gasteiger charge is -2.15. The van der Waals surface area contributed by atoms with Crippen LogP contribution in [-0.2, 0) is 16.0 Å². The molecule has 0 aromatic heterocycles. The number of hydrazine groups is 1. The van der Waals surface area contributed by atoms with E-state index in [1.165, 1.54) is 0 Å². The number of carbonyl (C=O) groups excluding carboxylic acids is 2. The van der Waals surface area contributed by atoms with Crippen LogP contribution in [0.15, 0.2) is 53.4 Å². The fourth-order valence-corrected chi connectivity index (χ4v) is 3.84. The Kier molecular flexibility index (Phi) is 4.83. The third kappa shape index (κ3) is 3.81. The van der Waals surface area contributed by atoms with Gasteiger partial charge in [0, 0.05) is 0 Å². The number of fused-ring (bicyclic) bond motifs is 1. The number of benzene rings is 2. The number of hydrogen-bond acceptors (Lipinski definition) is 6. The van der Waals surface area contributed by atoms with Gasteiger partial charge in [0.25, 0.3) is 5.91 Å². The summed E-state index contributed by atoms with van der Waals surface area (Å²) in [5, 5.41) is 1.12. The van der Waals surface area contributed by atoms with Crippen LogP contribution in [0.25, 0.3) is 6.08 Å². The summed E-state index contributed by atoms with van der Waals surface area (Å²) in [4.78, 5) is 25.3. The zero-order valence-electron chi connectivity index (χ0n) is 14.0. The Morgan fingerprint density at radius 2 is 1.96 bits per heavy atom. The van der Waals surface area contributed by atoms with E-state index in [0.29, 0.717) is 16.4 Å². The van der Waals surface area contributed by atoms with Crippen LogP contribution >= 0.6 is 24.0 Å². The lowest BCUT2D eigenvalue weighted by molar-refractivity contribution is -0.132. The van der Waals surface area contributed by atoms with E-state index in [1.54, 1.807) is 18.2 Å². The molecule has 0 saturated carbocycles. The average molecular weight is 398 g/mol. The third-order valence-corrected chi connectivity index (χ3v) is 5.23. The minimum absolute atomic E-state index is 0.166. The van der Waals surface area contributed by atoms with Crippen LogP contribution in [0.2, 0.25) is 0 Å². The first-order valence-corrected chi connectivity index (χ1v) is 9.33. The van der Waals surface area contributed by atoms with Gasteiger partial charge in [-0.15, -0.1) is 0 Å². The molecular formula is C19H14N2O4S2. The first kappa shape index (κ1) is 17.6. The highest BCUT2D eigenvalue weighted by Gasteiger charge is 2.33. The van der Waals surface area contributed by atoms with Crippen molar-refractivity contribution in [2.75, 3.05) is 6.79 Å². The second kappa shape index (κ2) is 7.42. The molecule has 1 N–H and O–H groups in total. The lowest BCUT2D eigenvalue weighted by Crippen LogP contribution is -2.45. The van der Waals surface area contributed by atoms with Crippen LogP contribution in [0.3, 0.4) is 0 Å². The number of thiocarbonyl (C=S) groups is 1. The van der Waals surface area contributed by atoms with Crippen LogP contribution < -0.4 is 14.9 Å². The number of carbonyl (C=O) groups is 2. The summed E-state index contributed by atoms with van der Waals surface area (Å²) in [6.07, 6.45) is 1.88. The van der Waals surface area contributed by atoms with Crippen molar-refractivity contribution in [3.8, 4) is 11.5 Å². The molecule has 0 bridgehead atoms. The van der Waals surface area contributed by atoms with Gasteiger partial charge in [0.05, 0.1) is 11.3 Å². The number of thioether (sulfide) groups is 1. The molecule has 2 aromatic carbocycles. The number of hydrogen-bond donors (Lipinski definition) is 1. The molecule has 136 valence electrons. The fourth-order valence-electron chi connectivity index (χ4n) is 2.66. The minimum atomic E-state index is -0.357. The molecule has 6 nitrogen and oxygen atoms in total. The topological polar surface area (TPSA) is 67.9 Å². The summed E-state index contributed by atoms with van der Waals surface area (Å²) in [5.41, 5.74) is 4.23. The summed E-state index contributed by atoms with van der Waals surface area (Å²) >= 11 is 6.38. The van der Waals surface area contributed by atoms with Gasteiger partial charge in [-0.2, -0.15) is 5.01 Å². The molecule has 1 saturated heterocycles. The molecule has 2 amide bonds. The smallest absolute Gasteiger partial charge is 0.285 e. The standard InChI is InChI=1S/C19H14N2O4S2/c22-17(10-12-4-2-1-3-5-12)20-21-18(23)16(27-19(21)26)9-13-6-7-14-15(8-13)25-11-24-14/h1-9H,10-11H2,(H,20,22)/b16-9-. The second-order valence-electron chi connectivity index (χ2n) is 5.83. The lowest BCUT2D eigenvalue weighted by atomic mass is 10.1. The van der Waals surface area contributed by atoms with Crippen LogP contribution in [0.1, 0.15) is 11.1 Å². The van der Waals surface area contributed by atoms with Crippen molar-refractivity contribution >= 4 is 46.2 Å². The highest BCUT2D eigenvalue weighted by atomic mass is 32.2. The van der Waals surface area contributed by atoms with Crippen molar-refractivity contribution in [2.24, 2.45) is 0 Å². The van der Waals surface area contributed by atoms with Crippen LogP contribution in [0, 0.1) is 0 Å². The number of nitrogens with one attached hydrogen (secondary N) is 1. The van der Waals surface area contributed by atoms with Crippen molar-refractivity contribution < 1.29 is 19.1 Å². The van der Waals surface area contributed by atoms with Crippen molar-refractivity contribution in [3.63, 3.8) is 0 Å². The van der Waals surface area contributed by atoms with Gasteiger partial charge in [-0.3, -0.25) is 15.0 Å². The Morgan fingerprint density at radius 3 is 2.78 bits per heavy atom. The molecule has 27 heavy (non-hydrogen) atoms. The van der Waals surface area contributed by atoms with Crippen molar-refractivity contribution in [2.45, 2.75) is 6.42 Å². The molecule has 2 heterocycles. The van der Waals surface area contributed by atoms with E-state index in [-0.39, 0.29) is 29.3 Å². The predicted octanol–water partition coefficient (Wildman–Crippen LogP) is 2.89. The molecule has 0 unspecified atom stereocenters. The van der Waals surface area contributed by atoms with Gasteiger partial charge in [0.1, 0.15) is 0 Å². The minimum Gasteiger partial charge on any atom is -0.454 e. The molecular weight excluding hydrogens is 384 g/mol. The van der Waals surface area contributed by atoms with Gasteiger partial charge in [-0.25, -0.2) is 0 Å². The Balaban J connectivity index is 1.46. The first-order valence-electron chi connectivity index (χ1n) is 8.11. The summed E-state index contributed by atoms with van der Waals surface area (Å²) in [7, 11) is 0. The number of amides is 2. The fraction of sp³-hybridized carbons (Fsp3) is 0.105. The quantitative estimate of drug-likeness (QED) is 0.631. The zero-order chi connectivity index (χ0) is 18.8. The SMILES string of the molecule is O=C(Cc1ccccc1)NN1C(=O)/C(=C/c2ccc3c(c2)OCO3)SC1=S. The molecule has 4 rings (SSSR count).